The molecule has 96 valence electrons. The van der Waals surface area contributed by atoms with E-state index in [0.29, 0.717) is 5.56 Å². The standard InChI is InChI=1S/C13H11N3O2S/c14-9-13(11-5-2-1-3-6-11)16-19(17,18)12-7-4-8-15-10-12/h1-8,10,13,16H. The van der Waals surface area contributed by atoms with Crippen LogP contribution in [0.4, 0.5) is 0 Å². The fourth-order valence-corrected chi connectivity index (χ4v) is 2.64. The van der Waals surface area contributed by atoms with Crippen molar-refractivity contribution in [1.82, 2.24) is 9.71 Å². The maximum absolute atomic E-state index is 12.1. The number of nitrogens with one attached hydrogen (secondary N) is 1. The zero-order valence-corrected chi connectivity index (χ0v) is 10.7. The number of nitriles is 1. The number of hydrogen-bond acceptors (Lipinski definition) is 4. The molecule has 0 saturated carbocycles. The van der Waals surface area contributed by atoms with Gasteiger partial charge in [-0.3, -0.25) is 4.98 Å². The second-order valence-corrected chi connectivity index (χ2v) is 5.50. The van der Waals surface area contributed by atoms with Crippen LogP contribution >= 0.6 is 0 Å². The number of nitrogens with zero attached hydrogens (tertiary/aromatic N) is 2. The lowest BCUT2D eigenvalue weighted by atomic mass is 10.1. The van der Waals surface area contributed by atoms with Crippen LogP contribution in [0.3, 0.4) is 0 Å². The van der Waals surface area contributed by atoms with Gasteiger partial charge in [0, 0.05) is 12.4 Å². The predicted molar refractivity (Wildman–Crippen MR) is 69.4 cm³/mol. The zero-order chi connectivity index (χ0) is 13.7. The predicted octanol–water partition coefficient (Wildman–Crippen LogP) is 1.62. The van der Waals surface area contributed by atoms with E-state index in [1.165, 1.54) is 24.5 Å². The molecule has 1 heterocycles. The Morgan fingerprint density at radius 1 is 1.16 bits per heavy atom. The van der Waals surface area contributed by atoms with E-state index in [-0.39, 0.29) is 4.90 Å². The lowest BCUT2D eigenvalue weighted by molar-refractivity contribution is 0.575. The lowest BCUT2D eigenvalue weighted by Gasteiger charge is -2.12. The smallest absolute Gasteiger partial charge is 0.243 e. The highest BCUT2D eigenvalue weighted by molar-refractivity contribution is 7.89. The molecule has 0 amide bonds. The molecule has 1 unspecified atom stereocenters. The van der Waals surface area contributed by atoms with Gasteiger partial charge in [-0.25, -0.2) is 8.42 Å². The summed E-state index contributed by atoms with van der Waals surface area (Å²) >= 11 is 0. The molecule has 0 radical (unpaired) electrons. The Labute approximate surface area is 111 Å². The molecule has 0 fully saturated rings. The van der Waals surface area contributed by atoms with Crippen molar-refractivity contribution < 1.29 is 8.42 Å². The van der Waals surface area contributed by atoms with Crippen molar-refractivity contribution in [3.05, 3.63) is 60.4 Å². The van der Waals surface area contributed by atoms with Crippen LogP contribution in [0.5, 0.6) is 0 Å². The van der Waals surface area contributed by atoms with Gasteiger partial charge in [-0.15, -0.1) is 0 Å². The van der Waals surface area contributed by atoms with Gasteiger partial charge in [0.05, 0.1) is 6.07 Å². The molecule has 0 aliphatic rings. The highest BCUT2D eigenvalue weighted by Crippen LogP contribution is 2.15. The summed E-state index contributed by atoms with van der Waals surface area (Å²) in [4.78, 5) is 3.79. The van der Waals surface area contributed by atoms with Crippen molar-refractivity contribution in [1.29, 1.82) is 5.26 Å². The van der Waals surface area contributed by atoms with Crippen LogP contribution in [0, 0.1) is 11.3 Å². The fraction of sp³-hybridized carbons (Fsp3) is 0.0769. The SMILES string of the molecule is N#CC(NS(=O)(=O)c1cccnc1)c1ccccc1. The van der Waals surface area contributed by atoms with Crippen LogP contribution in [-0.2, 0) is 10.0 Å². The van der Waals surface area contributed by atoms with Crippen molar-refractivity contribution in [2.24, 2.45) is 0 Å². The van der Waals surface area contributed by atoms with E-state index < -0.39 is 16.1 Å². The summed E-state index contributed by atoms with van der Waals surface area (Å²) < 4.78 is 26.5. The summed E-state index contributed by atoms with van der Waals surface area (Å²) in [5, 5.41) is 9.10. The molecule has 19 heavy (non-hydrogen) atoms. The minimum Gasteiger partial charge on any atom is -0.263 e. The maximum Gasteiger partial charge on any atom is 0.243 e. The van der Waals surface area contributed by atoms with Crippen LogP contribution in [0.25, 0.3) is 0 Å². The van der Waals surface area contributed by atoms with Crippen molar-refractivity contribution >= 4 is 10.0 Å². The molecule has 0 saturated heterocycles. The topological polar surface area (TPSA) is 82.9 Å². The van der Waals surface area contributed by atoms with Gasteiger partial charge in [0.1, 0.15) is 10.9 Å². The second-order valence-electron chi connectivity index (χ2n) is 3.78. The van der Waals surface area contributed by atoms with Crippen LogP contribution < -0.4 is 4.72 Å². The van der Waals surface area contributed by atoms with Gasteiger partial charge < -0.3 is 0 Å². The lowest BCUT2D eigenvalue weighted by Crippen LogP contribution is -2.27. The van der Waals surface area contributed by atoms with Gasteiger partial charge in [0.2, 0.25) is 10.0 Å². The molecular formula is C13H11N3O2S. The van der Waals surface area contributed by atoms with Gasteiger partial charge in [0.25, 0.3) is 0 Å². The molecule has 6 heteroatoms. The van der Waals surface area contributed by atoms with E-state index in [1.807, 2.05) is 6.07 Å². The minimum absolute atomic E-state index is 0.0335. The Morgan fingerprint density at radius 2 is 1.89 bits per heavy atom. The molecule has 1 aromatic carbocycles. The number of sulfonamides is 1. The molecule has 0 bridgehead atoms. The van der Waals surface area contributed by atoms with Gasteiger partial charge >= 0.3 is 0 Å². The quantitative estimate of drug-likeness (QED) is 0.917. The van der Waals surface area contributed by atoms with E-state index in [2.05, 4.69) is 9.71 Å². The molecule has 0 aliphatic carbocycles. The molecule has 0 aliphatic heterocycles. The Morgan fingerprint density at radius 3 is 2.47 bits per heavy atom. The molecule has 0 spiro atoms. The van der Waals surface area contributed by atoms with Crippen molar-refractivity contribution in [2.45, 2.75) is 10.9 Å². The summed E-state index contributed by atoms with van der Waals surface area (Å²) in [5.41, 5.74) is 0.595. The van der Waals surface area contributed by atoms with E-state index in [1.54, 1.807) is 30.3 Å². The molecule has 2 rings (SSSR count). The third-order valence-electron chi connectivity index (χ3n) is 2.48. The Hall–Kier alpha value is -2.23. The Kier molecular flexibility index (Phi) is 3.90. The van der Waals surface area contributed by atoms with Crippen molar-refractivity contribution in [3.8, 4) is 6.07 Å². The first-order valence-electron chi connectivity index (χ1n) is 5.50. The normalized spacial score (nSPS) is 12.6. The molecule has 1 N–H and O–H groups in total. The Balaban J connectivity index is 2.28. The third-order valence-corrected chi connectivity index (χ3v) is 3.89. The number of hydrogen-bond donors (Lipinski definition) is 1. The Bertz CT molecular complexity index is 679. The molecule has 1 aromatic heterocycles. The molecule has 2 aromatic rings. The van der Waals surface area contributed by atoms with Crippen molar-refractivity contribution in [3.63, 3.8) is 0 Å². The zero-order valence-electron chi connectivity index (χ0n) is 9.89. The highest BCUT2D eigenvalue weighted by Gasteiger charge is 2.20. The largest absolute Gasteiger partial charge is 0.263 e. The molecule has 1 atom stereocenters. The average Bonchev–Trinajstić information content (AvgIpc) is 2.47. The van der Waals surface area contributed by atoms with E-state index >= 15 is 0 Å². The van der Waals surface area contributed by atoms with Gasteiger partial charge in [-0.2, -0.15) is 9.98 Å². The minimum atomic E-state index is -3.75. The first kappa shape index (κ1) is 13.2. The monoisotopic (exact) mass is 273 g/mol. The van der Waals surface area contributed by atoms with E-state index in [4.69, 9.17) is 5.26 Å². The first-order chi connectivity index (χ1) is 9.13. The average molecular weight is 273 g/mol. The number of benzene rings is 1. The van der Waals surface area contributed by atoms with E-state index in [9.17, 15) is 8.42 Å². The summed E-state index contributed by atoms with van der Waals surface area (Å²) in [7, 11) is -3.75. The summed E-state index contributed by atoms with van der Waals surface area (Å²) in [6, 6.07) is 12.6. The van der Waals surface area contributed by atoms with Crippen molar-refractivity contribution in [2.75, 3.05) is 0 Å². The van der Waals surface area contributed by atoms with E-state index in [0.717, 1.165) is 0 Å². The van der Waals surface area contributed by atoms with Crippen LogP contribution in [-0.4, -0.2) is 13.4 Å². The van der Waals surface area contributed by atoms with Crippen LogP contribution in [0.1, 0.15) is 11.6 Å². The van der Waals surface area contributed by atoms with Gasteiger partial charge in [-0.1, -0.05) is 30.3 Å². The maximum atomic E-state index is 12.1. The first-order valence-corrected chi connectivity index (χ1v) is 6.99. The summed E-state index contributed by atoms with van der Waals surface area (Å²) in [5.74, 6) is 0. The number of pyridine rings is 1. The number of aromatic nitrogens is 1. The molecule has 5 nitrogen and oxygen atoms in total. The summed E-state index contributed by atoms with van der Waals surface area (Å²) in [6.45, 7) is 0. The van der Waals surface area contributed by atoms with Gasteiger partial charge in [0.15, 0.2) is 0 Å². The van der Waals surface area contributed by atoms with Gasteiger partial charge in [-0.05, 0) is 17.7 Å². The highest BCUT2D eigenvalue weighted by atomic mass is 32.2. The van der Waals surface area contributed by atoms with Crippen LogP contribution in [0.15, 0.2) is 59.8 Å². The molecular weight excluding hydrogens is 262 g/mol. The fourth-order valence-electron chi connectivity index (χ4n) is 1.54. The van der Waals surface area contributed by atoms with Crippen LogP contribution in [0.2, 0.25) is 0 Å². The summed E-state index contributed by atoms with van der Waals surface area (Å²) in [6.07, 6.45) is 2.72. The second kappa shape index (κ2) is 5.61. The number of rotatable bonds is 4. The third kappa shape index (κ3) is 3.16.